The van der Waals surface area contributed by atoms with E-state index < -0.39 is 0 Å². The molecule has 0 aliphatic carbocycles. The summed E-state index contributed by atoms with van der Waals surface area (Å²) in [5.74, 6) is -0.515. The third kappa shape index (κ3) is 1.82. The number of nitrogens with zero attached hydrogens (tertiary/aromatic N) is 2. The molecule has 0 saturated carbocycles. The number of aryl methyl sites for hydroxylation is 2. The number of benzene rings is 1. The van der Waals surface area contributed by atoms with Crippen LogP contribution in [0.2, 0.25) is 0 Å². The molecule has 0 radical (unpaired) electrons. The summed E-state index contributed by atoms with van der Waals surface area (Å²) in [5.41, 5.74) is 3.00. The molecule has 0 spiro atoms. The molecular formula is C14H14FN3O. The lowest BCUT2D eigenvalue weighted by atomic mass is 10.0. The highest BCUT2D eigenvalue weighted by Crippen LogP contribution is 2.30. The first-order valence-electron chi connectivity index (χ1n) is 6.20. The predicted molar refractivity (Wildman–Crippen MR) is 69.4 cm³/mol. The highest BCUT2D eigenvalue weighted by Gasteiger charge is 2.26. The molecule has 0 saturated heterocycles. The van der Waals surface area contributed by atoms with E-state index in [4.69, 9.17) is 0 Å². The topological polar surface area (TPSA) is 46.9 Å². The molecule has 1 aromatic carbocycles. The smallest absolute Gasteiger partial charge is 0.270 e. The number of carbonyl (C=O) groups is 1. The number of aromatic nitrogens is 2. The lowest BCUT2D eigenvalue weighted by molar-refractivity contribution is 0.0925. The molecule has 1 amide bonds. The van der Waals surface area contributed by atoms with E-state index in [1.807, 2.05) is 13.0 Å². The quantitative estimate of drug-likeness (QED) is 0.852. The number of halogens is 1. The van der Waals surface area contributed by atoms with E-state index >= 15 is 0 Å². The second-order valence-corrected chi connectivity index (χ2v) is 4.77. The second-order valence-electron chi connectivity index (χ2n) is 4.77. The maximum absolute atomic E-state index is 14.1. The van der Waals surface area contributed by atoms with Gasteiger partial charge in [-0.1, -0.05) is 12.1 Å². The first-order valence-corrected chi connectivity index (χ1v) is 6.20. The molecule has 19 heavy (non-hydrogen) atoms. The Kier molecular flexibility index (Phi) is 2.62. The van der Waals surface area contributed by atoms with E-state index in [-0.39, 0.29) is 11.7 Å². The summed E-state index contributed by atoms with van der Waals surface area (Å²) in [6.07, 6.45) is 0. The van der Waals surface area contributed by atoms with Crippen LogP contribution in [0.3, 0.4) is 0 Å². The number of nitrogens with one attached hydrogen (secondary N) is 1. The molecule has 0 atom stereocenters. The highest BCUT2D eigenvalue weighted by atomic mass is 19.1. The third-order valence-corrected chi connectivity index (χ3v) is 3.35. The van der Waals surface area contributed by atoms with Crippen LogP contribution in [0.4, 0.5) is 4.39 Å². The molecule has 5 heteroatoms. The minimum absolute atomic E-state index is 0.193. The normalized spacial score (nSPS) is 14.2. The number of carbonyl (C=O) groups excluding carboxylic acids is 1. The molecule has 0 bridgehead atoms. The molecule has 3 rings (SSSR count). The zero-order chi connectivity index (χ0) is 13.6. The van der Waals surface area contributed by atoms with Gasteiger partial charge in [-0.05, 0) is 25.5 Å². The molecule has 2 aromatic rings. The molecule has 2 heterocycles. The second kappa shape index (κ2) is 4.19. The van der Waals surface area contributed by atoms with Crippen LogP contribution in [0.25, 0.3) is 11.1 Å². The molecule has 98 valence electrons. The zero-order valence-corrected chi connectivity index (χ0v) is 10.8. The van der Waals surface area contributed by atoms with Crippen molar-refractivity contribution >= 4 is 5.91 Å². The average Bonchev–Trinajstić information content (AvgIpc) is 2.67. The standard InChI is InChI=1S/C14H14FN3O/c1-8-3-4-10(11(15)7-8)12-9(2)17-18-6-5-16-14(19)13(12)18/h3-4,7H,5-6H2,1-2H3,(H,16,19). The van der Waals surface area contributed by atoms with E-state index in [1.54, 1.807) is 17.7 Å². The fourth-order valence-electron chi connectivity index (χ4n) is 2.48. The third-order valence-electron chi connectivity index (χ3n) is 3.35. The molecule has 1 aliphatic heterocycles. The minimum Gasteiger partial charge on any atom is -0.349 e. The van der Waals surface area contributed by atoms with Crippen molar-refractivity contribution in [3.63, 3.8) is 0 Å². The van der Waals surface area contributed by atoms with Crippen molar-refractivity contribution in [2.24, 2.45) is 0 Å². The van der Waals surface area contributed by atoms with Gasteiger partial charge in [0.05, 0.1) is 12.2 Å². The van der Waals surface area contributed by atoms with Gasteiger partial charge in [-0.25, -0.2) is 4.39 Å². The van der Waals surface area contributed by atoms with Crippen LogP contribution in [-0.4, -0.2) is 22.2 Å². The van der Waals surface area contributed by atoms with Crippen LogP contribution >= 0.6 is 0 Å². The van der Waals surface area contributed by atoms with Crippen LogP contribution in [0.5, 0.6) is 0 Å². The summed E-state index contributed by atoms with van der Waals surface area (Å²) in [6.45, 7) is 4.81. The predicted octanol–water partition coefficient (Wildman–Crippen LogP) is 2.05. The fourth-order valence-corrected chi connectivity index (χ4v) is 2.48. The van der Waals surface area contributed by atoms with E-state index in [0.717, 1.165) is 5.56 Å². The fraction of sp³-hybridized carbons (Fsp3) is 0.286. The Morgan fingerprint density at radius 3 is 2.89 bits per heavy atom. The van der Waals surface area contributed by atoms with Gasteiger partial charge in [-0.3, -0.25) is 9.48 Å². The number of fused-ring (bicyclic) bond motifs is 1. The van der Waals surface area contributed by atoms with Crippen molar-refractivity contribution in [1.82, 2.24) is 15.1 Å². The summed E-state index contributed by atoms with van der Waals surface area (Å²) in [6, 6.07) is 5.01. The van der Waals surface area contributed by atoms with E-state index in [2.05, 4.69) is 10.4 Å². The Hall–Kier alpha value is -2.17. The maximum atomic E-state index is 14.1. The summed E-state index contributed by atoms with van der Waals surface area (Å²) in [5, 5.41) is 7.10. The van der Waals surface area contributed by atoms with Crippen molar-refractivity contribution in [2.45, 2.75) is 20.4 Å². The number of hydrogen-bond acceptors (Lipinski definition) is 2. The first kappa shape index (κ1) is 11.9. The van der Waals surface area contributed by atoms with Crippen molar-refractivity contribution in [2.75, 3.05) is 6.54 Å². The van der Waals surface area contributed by atoms with Crippen molar-refractivity contribution in [3.8, 4) is 11.1 Å². The Morgan fingerprint density at radius 1 is 1.37 bits per heavy atom. The molecule has 4 nitrogen and oxygen atoms in total. The monoisotopic (exact) mass is 259 g/mol. The van der Waals surface area contributed by atoms with Gasteiger partial charge in [-0.15, -0.1) is 0 Å². The van der Waals surface area contributed by atoms with E-state index in [9.17, 15) is 9.18 Å². The van der Waals surface area contributed by atoms with Gasteiger partial charge in [0.2, 0.25) is 0 Å². The van der Waals surface area contributed by atoms with Gasteiger partial charge >= 0.3 is 0 Å². The Morgan fingerprint density at radius 2 is 2.16 bits per heavy atom. The minimum atomic E-state index is -0.322. The van der Waals surface area contributed by atoms with E-state index in [0.29, 0.717) is 35.6 Å². The molecule has 1 aromatic heterocycles. The number of amides is 1. The van der Waals surface area contributed by atoms with Crippen molar-refractivity contribution in [3.05, 3.63) is 41.0 Å². The first-order chi connectivity index (χ1) is 9.08. The molecule has 0 fully saturated rings. The number of hydrogen-bond donors (Lipinski definition) is 1. The van der Waals surface area contributed by atoms with Gasteiger partial charge in [0.25, 0.3) is 5.91 Å². The molecule has 0 unspecified atom stereocenters. The largest absolute Gasteiger partial charge is 0.349 e. The highest BCUT2D eigenvalue weighted by molar-refractivity contribution is 6.00. The Bertz CT molecular complexity index is 676. The van der Waals surface area contributed by atoms with Crippen LogP contribution in [0.15, 0.2) is 18.2 Å². The lowest BCUT2D eigenvalue weighted by Gasteiger charge is -2.15. The maximum Gasteiger partial charge on any atom is 0.270 e. The van der Waals surface area contributed by atoms with Gasteiger partial charge < -0.3 is 5.32 Å². The molecule has 1 N–H and O–H groups in total. The zero-order valence-electron chi connectivity index (χ0n) is 10.8. The number of rotatable bonds is 1. The summed E-state index contributed by atoms with van der Waals surface area (Å²) < 4.78 is 15.8. The summed E-state index contributed by atoms with van der Waals surface area (Å²) in [7, 11) is 0. The summed E-state index contributed by atoms with van der Waals surface area (Å²) in [4.78, 5) is 12.0. The molecular weight excluding hydrogens is 245 g/mol. The van der Waals surface area contributed by atoms with Crippen molar-refractivity contribution in [1.29, 1.82) is 0 Å². The Balaban J connectivity index is 2.25. The van der Waals surface area contributed by atoms with Gasteiger partial charge in [0.15, 0.2) is 0 Å². The van der Waals surface area contributed by atoms with Crippen LogP contribution in [0.1, 0.15) is 21.7 Å². The SMILES string of the molecule is Cc1ccc(-c2c(C)nn3c2C(=O)NCC3)c(F)c1. The average molecular weight is 259 g/mol. The lowest BCUT2D eigenvalue weighted by Crippen LogP contribution is -2.35. The van der Waals surface area contributed by atoms with Crippen LogP contribution in [0, 0.1) is 19.7 Å². The Labute approximate surface area is 110 Å². The molecule has 1 aliphatic rings. The van der Waals surface area contributed by atoms with Gasteiger partial charge in [0, 0.05) is 17.7 Å². The van der Waals surface area contributed by atoms with Gasteiger partial charge in [-0.2, -0.15) is 5.10 Å². The van der Waals surface area contributed by atoms with Crippen LogP contribution < -0.4 is 5.32 Å². The van der Waals surface area contributed by atoms with Crippen molar-refractivity contribution < 1.29 is 9.18 Å². The summed E-state index contributed by atoms with van der Waals surface area (Å²) >= 11 is 0. The van der Waals surface area contributed by atoms with Crippen LogP contribution in [-0.2, 0) is 6.54 Å². The van der Waals surface area contributed by atoms with E-state index in [1.165, 1.54) is 6.07 Å². The van der Waals surface area contributed by atoms with Gasteiger partial charge in [0.1, 0.15) is 11.5 Å².